The van der Waals surface area contributed by atoms with Gasteiger partial charge in [0.1, 0.15) is 11.9 Å². The van der Waals surface area contributed by atoms with Crippen LogP contribution in [0.1, 0.15) is 36.1 Å². The summed E-state index contributed by atoms with van der Waals surface area (Å²) < 4.78 is 26.1. The van der Waals surface area contributed by atoms with Crippen LogP contribution in [-0.2, 0) is 11.2 Å². The predicted molar refractivity (Wildman–Crippen MR) is 156 cm³/mol. The average Bonchev–Trinajstić information content (AvgIpc) is 3.40. The number of hydrogen-bond donors (Lipinski definition) is 2. The number of furan rings is 1. The molecule has 0 spiro atoms. The maximum Gasteiger partial charge on any atom is 0.240 e. The minimum Gasteiger partial charge on any atom is -0.478 e. The minimum absolute atomic E-state index is 0.0625. The van der Waals surface area contributed by atoms with Crippen molar-refractivity contribution in [3.05, 3.63) is 93.6 Å². The molecule has 0 bridgehead atoms. The molecule has 0 radical (unpaired) electrons. The van der Waals surface area contributed by atoms with E-state index in [1.165, 1.54) is 12.1 Å². The van der Waals surface area contributed by atoms with Gasteiger partial charge in [0.2, 0.25) is 11.7 Å². The van der Waals surface area contributed by atoms with Crippen molar-refractivity contribution in [1.29, 1.82) is 0 Å². The molecule has 1 amide bonds. The molecule has 1 aliphatic heterocycles. The third-order valence-corrected chi connectivity index (χ3v) is 7.89. The molecule has 4 aromatic rings. The maximum absolute atomic E-state index is 14.1. The molecule has 5 rings (SSSR count). The maximum atomic E-state index is 14.1. The van der Waals surface area contributed by atoms with Crippen molar-refractivity contribution in [3.63, 3.8) is 0 Å². The summed E-state index contributed by atoms with van der Waals surface area (Å²) >= 11 is 12.5. The Bertz CT molecular complexity index is 1570. The van der Waals surface area contributed by atoms with Crippen molar-refractivity contribution in [3.8, 4) is 5.75 Å². The van der Waals surface area contributed by atoms with Gasteiger partial charge in [-0.25, -0.2) is 9.37 Å². The summed E-state index contributed by atoms with van der Waals surface area (Å²) in [6.45, 7) is 2.75. The number of halogens is 3. The van der Waals surface area contributed by atoms with Crippen LogP contribution in [0.2, 0.25) is 10.0 Å². The first-order valence-corrected chi connectivity index (χ1v) is 13.7. The first-order chi connectivity index (χ1) is 19.3. The van der Waals surface area contributed by atoms with Crippen molar-refractivity contribution in [2.45, 2.75) is 31.9 Å². The minimum atomic E-state index is -0.733. The monoisotopic (exact) mass is 582 g/mol. The van der Waals surface area contributed by atoms with Crippen LogP contribution < -0.4 is 15.8 Å². The molecule has 3 heterocycles. The van der Waals surface area contributed by atoms with Gasteiger partial charge >= 0.3 is 0 Å². The van der Waals surface area contributed by atoms with E-state index in [4.69, 9.17) is 38.1 Å². The summed E-state index contributed by atoms with van der Waals surface area (Å²) in [5, 5.41) is 4.04. The van der Waals surface area contributed by atoms with Crippen LogP contribution in [0.3, 0.4) is 0 Å². The van der Waals surface area contributed by atoms with Crippen molar-refractivity contribution in [2.24, 2.45) is 0 Å². The van der Waals surface area contributed by atoms with Crippen LogP contribution in [0.15, 0.2) is 65.4 Å². The molecule has 2 aromatic heterocycles. The zero-order chi connectivity index (χ0) is 28.4. The summed E-state index contributed by atoms with van der Waals surface area (Å²) in [7, 11) is 1.81. The van der Waals surface area contributed by atoms with E-state index < -0.39 is 11.9 Å². The Balaban J connectivity index is 1.35. The van der Waals surface area contributed by atoms with Crippen molar-refractivity contribution >= 4 is 51.5 Å². The summed E-state index contributed by atoms with van der Waals surface area (Å²) in [6, 6.07) is 12.3. The highest BCUT2D eigenvalue weighted by molar-refractivity contribution is 6.36. The molecule has 0 fully saturated rings. The molecule has 1 aliphatic rings. The first kappa shape index (κ1) is 28.0. The van der Waals surface area contributed by atoms with E-state index in [9.17, 15) is 9.18 Å². The lowest BCUT2D eigenvalue weighted by molar-refractivity contribution is -0.132. The number of nitrogens with two attached hydrogens (primary N) is 1. The quantitative estimate of drug-likeness (QED) is 0.232. The fraction of sp³-hybridized carbons (Fsp3) is 0.267. The molecule has 0 unspecified atom stereocenters. The second-order valence-corrected chi connectivity index (χ2v) is 10.5. The number of nitrogen functional groups attached to an aromatic ring is 1. The lowest BCUT2D eigenvalue weighted by atomic mass is 9.98. The number of rotatable bonds is 8. The Labute approximate surface area is 241 Å². The van der Waals surface area contributed by atoms with E-state index in [1.54, 1.807) is 19.4 Å². The Hall–Kier alpha value is -3.59. The molecule has 3 N–H and O–H groups in total. The summed E-state index contributed by atoms with van der Waals surface area (Å²) in [4.78, 5) is 19.4. The Kier molecular flexibility index (Phi) is 8.30. The number of nitrogens with zero attached hydrogens (tertiary/aromatic N) is 2. The number of pyridine rings is 1. The second kappa shape index (κ2) is 11.9. The molecule has 2 atom stereocenters. The van der Waals surface area contributed by atoms with Gasteiger partial charge in [0, 0.05) is 35.4 Å². The van der Waals surface area contributed by atoms with Crippen LogP contribution >= 0.6 is 23.2 Å². The van der Waals surface area contributed by atoms with E-state index >= 15 is 0 Å². The third-order valence-electron chi connectivity index (χ3n) is 7.18. The second-order valence-electron chi connectivity index (χ2n) is 9.68. The van der Waals surface area contributed by atoms with Crippen LogP contribution in [0.4, 0.5) is 10.2 Å². The molecule has 7 nitrogen and oxygen atoms in total. The van der Waals surface area contributed by atoms with Crippen LogP contribution in [0.5, 0.6) is 5.75 Å². The van der Waals surface area contributed by atoms with E-state index in [-0.39, 0.29) is 33.6 Å². The number of likely N-dealkylation sites (N-methyl/N-ethyl adjacent to an activating group) is 1. The van der Waals surface area contributed by atoms with Crippen LogP contribution in [0.25, 0.3) is 16.5 Å². The van der Waals surface area contributed by atoms with Gasteiger partial charge in [-0.15, -0.1) is 0 Å². The van der Waals surface area contributed by atoms with Gasteiger partial charge in [0.05, 0.1) is 22.7 Å². The normalized spacial score (nSPS) is 15.1. The van der Waals surface area contributed by atoms with Crippen LogP contribution in [0, 0.1) is 5.82 Å². The number of amides is 1. The van der Waals surface area contributed by atoms with Gasteiger partial charge in [-0.3, -0.25) is 4.79 Å². The highest BCUT2D eigenvalue weighted by Gasteiger charge is 2.27. The molecule has 208 valence electrons. The van der Waals surface area contributed by atoms with Crippen LogP contribution in [-0.4, -0.2) is 42.0 Å². The van der Waals surface area contributed by atoms with E-state index in [0.717, 1.165) is 22.1 Å². The number of fused-ring (bicyclic) bond motifs is 1. The molecule has 0 saturated carbocycles. The zero-order valence-corrected chi connectivity index (χ0v) is 23.6. The number of carbonyl (C=O) groups excluding carboxylic acids is 1. The Morgan fingerprint density at radius 2 is 2.02 bits per heavy atom. The van der Waals surface area contributed by atoms with E-state index in [1.807, 2.05) is 48.4 Å². The standard InChI is InChI=1S/C30H29Cl2FN4O3/c1-17(25-22(31)8-9-23(33)26(25)32)40-28-27-20(15-36-29(28)34)21(16-39-27)19-10-12-37(13-11-19)30(38)24(35-2)14-18-6-4-3-5-7-18/h3-10,15-17,24,35H,11-14H2,1-2H3,(H2,34,36)/t17-,24+/m1/s1. The van der Waals surface area contributed by atoms with Gasteiger partial charge in [0.15, 0.2) is 11.4 Å². The Morgan fingerprint density at radius 1 is 1.25 bits per heavy atom. The molecule has 0 saturated heterocycles. The lowest BCUT2D eigenvalue weighted by Crippen LogP contribution is -2.47. The van der Waals surface area contributed by atoms with Crippen molar-refractivity contribution < 1.29 is 18.3 Å². The van der Waals surface area contributed by atoms with Gasteiger partial charge in [0.25, 0.3) is 0 Å². The van der Waals surface area contributed by atoms with Crippen molar-refractivity contribution in [2.75, 3.05) is 25.9 Å². The SMILES string of the molecule is CN[C@@H](Cc1ccccc1)C(=O)N1CC=C(c2coc3c(O[C@H](C)c4c(Cl)ccc(F)c4Cl)c(N)ncc23)CC1. The first-order valence-electron chi connectivity index (χ1n) is 12.9. The highest BCUT2D eigenvalue weighted by Crippen LogP contribution is 2.41. The van der Waals surface area contributed by atoms with E-state index in [2.05, 4.69) is 10.3 Å². The smallest absolute Gasteiger partial charge is 0.240 e. The lowest BCUT2D eigenvalue weighted by Gasteiger charge is -2.30. The number of anilines is 1. The Morgan fingerprint density at radius 3 is 2.73 bits per heavy atom. The largest absolute Gasteiger partial charge is 0.478 e. The number of carbonyl (C=O) groups is 1. The van der Waals surface area contributed by atoms with Gasteiger partial charge < -0.3 is 25.1 Å². The number of aromatic nitrogens is 1. The fourth-order valence-electron chi connectivity index (χ4n) is 4.99. The number of nitrogens with one attached hydrogen (secondary N) is 1. The number of benzene rings is 2. The van der Waals surface area contributed by atoms with Gasteiger partial charge in [-0.1, -0.05) is 59.6 Å². The molecular formula is C30H29Cl2FN4O3. The number of hydrogen-bond acceptors (Lipinski definition) is 6. The molecular weight excluding hydrogens is 554 g/mol. The third kappa shape index (κ3) is 5.52. The molecule has 40 heavy (non-hydrogen) atoms. The molecule has 10 heteroatoms. The molecule has 0 aliphatic carbocycles. The average molecular weight is 583 g/mol. The highest BCUT2D eigenvalue weighted by atomic mass is 35.5. The van der Waals surface area contributed by atoms with Crippen molar-refractivity contribution in [1.82, 2.24) is 15.2 Å². The predicted octanol–water partition coefficient (Wildman–Crippen LogP) is 6.44. The zero-order valence-electron chi connectivity index (χ0n) is 22.1. The summed E-state index contributed by atoms with van der Waals surface area (Å²) in [6.07, 6.45) is 5.85. The molecule has 2 aromatic carbocycles. The topological polar surface area (TPSA) is 93.6 Å². The summed E-state index contributed by atoms with van der Waals surface area (Å²) in [5.74, 6) is -0.195. The fourth-order valence-corrected chi connectivity index (χ4v) is 5.67. The summed E-state index contributed by atoms with van der Waals surface area (Å²) in [5.41, 5.74) is 9.86. The van der Waals surface area contributed by atoms with E-state index in [0.29, 0.717) is 37.1 Å². The van der Waals surface area contributed by atoms with Gasteiger partial charge in [-0.2, -0.15) is 0 Å². The van der Waals surface area contributed by atoms with Gasteiger partial charge in [-0.05, 0) is 50.1 Å². The number of ether oxygens (including phenoxy) is 1.